The van der Waals surface area contributed by atoms with Crippen LogP contribution in [0.2, 0.25) is 0 Å². The predicted octanol–water partition coefficient (Wildman–Crippen LogP) is 11.1. The second-order valence-electron chi connectivity index (χ2n) is 13.4. The summed E-state index contributed by atoms with van der Waals surface area (Å²) in [6, 6.07) is 38.6. The summed E-state index contributed by atoms with van der Waals surface area (Å²) >= 11 is 0. The summed E-state index contributed by atoms with van der Waals surface area (Å²) in [4.78, 5) is 4.75. The van der Waals surface area contributed by atoms with Gasteiger partial charge in [0.05, 0.1) is 28.1 Å². The molecule has 0 atom stereocenters. The van der Waals surface area contributed by atoms with Crippen molar-refractivity contribution in [3.8, 4) is 34.1 Å². The maximum atomic E-state index is 6.65. The first-order valence-corrected chi connectivity index (χ1v) is 17.1. The van der Waals surface area contributed by atoms with Gasteiger partial charge in [0.15, 0.2) is 0 Å². The van der Waals surface area contributed by atoms with Crippen molar-refractivity contribution in [1.82, 2.24) is 19.3 Å². The molecule has 47 heavy (non-hydrogen) atoms. The first-order chi connectivity index (χ1) is 23.2. The van der Waals surface area contributed by atoms with E-state index in [0.29, 0.717) is 11.8 Å². The topological polar surface area (TPSA) is 44.9 Å². The standard InChI is InChI=1S/C42H38N4O/c1-28-23-24-43-39(25-28)45-37-18-9-8-17-35(37)36-22-21-34(27-38(36)45)47-33-16-10-15-32(26-33)46-42(31-13-6-3-7-14-31)40(29-11-4-2-5-12-29)41(44-46)30-19-20-30/h2,4-5,8-12,15-18,21-27,30-31H,3,6-7,13-14,19-20H2,1H3. The third kappa shape index (κ3) is 5.11. The van der Waals surface area contributed by atoms with Gasteiger partial charge < -0.3 is 4.74 Å². The van der Waals surface area contributed by atoms with Gasteiger partial charge in [-0.15, -0.1) is 0 Å². The Kier molecular flexibility index (Phi) is 6.92. The van der Waals surface area contributed by atoms with Gasteiger partial charge >= 0.3 is 0 Å². The number of benzene rings is 4. The van der Waals surface area contributed by atoms with Gasteiger partial charge in [-0.25, -0.2) is 9.67 Å². The molecule has 0 spiro atoms. The normalized spacial score (nSPS) is 15.4. The van der Waals surface area contributed by atoms with Crippen molar-refractivity contribution in [2.45, 2.75) is 63.7 Å². The first-order valence-electron chi connectivity index (χ1n) is 17.1. The summed E-state index contributed by atoms with van der Waals surface area (Å²) in [5.74, 6) is 3.56. The zero-order valence-electron chi connectivity index (χ0n) is 26.8. The number of rotatable bonds is 7. The maximum absolute atomic E-state index is 6.65. The van der Waals surface area contributed by atoms with Gasteiger partial charge in [-0.2, -0.15) is 5.10 Å². The minimum atomic E-state index is 0.503. The second-order valence-corrected chi connectivity index (χ2v) is 13.4. The van der Waals surface area contributed by atoms with Crippen LogP contribution in [0, 0.1) is 6.92 Å². The molecule has 2 fully saturated rings. The van der Waals surface area contributed by atoms with Crippen molar-refractivity contribution in [3.63, 3.8) is 0 Å². The van der Waals surface area contributed by atoms with E-state index in [1.165, 1.54) is 83.8 Å². The van der Waals surface area contributed by atoms with E-state index in [4.69, 9.17) is 14.8 Å². The highest BCUT2D eigenvalue weighted by Crippen LogP contribution is 2.49. The molecule has 5 heteroatoms. The Bertz CT molecular complexity index is 2230. The summed E-state index contributed by atoms with van der Waals surface area (Å²) in [6.45, 7) is 2.11. The van der Waals surface area contributed by atoms with E-state index in [2.05, 4.69) is 119 Å². The number of nitrogens with zero attached hydrogens (tertiary/aromatic N) is 4. The number of aromatic nitrogens is 4. The zero-order valence-corrected chi connectivity index (χ0v) is 26.8. The monoisotopic (exact) mass is 614 g/mol. The number of pyridine rings is 1. The number of ether oxygens (including phenoxy) is 1. The number of para-hydroxylation sites is 1. The molecule has 5 nitrogen and oxygen atoms in total. The molecular formula is C42H38N4O. The van der Waals surface area contributed by atoms with Crippen LogP contribution in [0.3, 0.4) is 0 Å². The van der Waals surface area contributed by atoms with E-state index < -0.39 is 0 Å². The minimum Gasteiger partial charge on any atom is -0.457 e. The first kappa shape index (κ1) is 28.1. The van der Waals surface area contributed by atoms with Gasteiger partial charge in [-0.1, -0.05) is 73.9 Å². The molecule has 7 aromatic rings. The van der Waals surface area contributed by atoms with Crippen LogP contribution >= 0.6 is 0 Å². The molecule has 0 amide bonds. The highest BCUT2D eigenvalue weighted by atomic mass is 16.5. The highest BCUT2D eigenvalue weighted by Gasteiger charge is 2.35. The molecule has 0 bridgehead atoms. The number of aryl methyl sites for hydroxylation is 1. The van der Waals surface area contributed by atoms with Crippen molar-refractivity contribution in [2.75, 3.05) is 0 Å². The average molecular weight is 615 g/mol. The number of hydrogen-bond acceptors (Lipinski definition) is 3. The molecule has 2 aliphatic carbocycles. The smallest absolute Gasteiger partial charge is 0.137 e. The molecule has 4 aromatic carbocycles. The Balaban J connectivity index is 1.14. The van der Waals surface area contributed by atoms with Gasteiger partial charge in [0.2, 0.25) is 0 Å². The van der Waals surface area contributed by atoms with Crippen molar-refractivity contribution in [1.29, 1.82) is 0 Å². The van der Waals surface area contributed by atoms with Crippen LogP contribution in [0.25, 0.3) is 44.4 Å². The fourth-order valence-electron chi connectivity index (χ4n) is 7.66. The largest absolute Gasteiger partial charge is 0.457 e. The Morgan fingerprint density at radius 2 is 1.45 bits per heavy atom. The fourth-order valence-corrected chi connectivity index (χ4v) is 7.66. The molecule has 9 rings (SSSR count). The van der Waals surface area contributed by atoms with E-state index >= 15 is 0 Å². The average Bonchev–Trinajstić information content (AvgIpc) is 3.80. The number of fused-ring (bicyclic) bond motifs is 3. The summed E-state index contributed by atoms with van der Waals surface area (Å²) in [5.41, 5.74) is 9.76. The lowest BCUT2D eigenvalue weighted by Crippen LogP contribution is -2.12. The lowest BCUT2D eigenvalue weighted by molar-refractivity contribution is 0.430. The second kappa shape index (κ2) is 11.6. The molecule has 0 aliphatic heterocycles. The van der Waals surface area contributed by atoms with Crippen LogP contribution in [-0.2, 0) is 0 Å². The van der Waals surface area contributed by atoms with Crippen LogP contribution in [-0.4, -0.2) is 19.3 Å². The molecule has 232 valence electrons. The molecule has 0 unspecified atom stereocenters. The van der Waals surface area contributed by atoms with Crippen LogP contribution in [0.4, 0.5) is 0 Å². The summed E-state index contributed by atoms with van der Waals surface area (Å²) in [6.07, 6.45) is 10.7. The molecule has 3 aromatic heterocycles. The Hall–Kier alpha value is -5.16. The minimum absolute atomic E-state index is 0.503. The van der Waals surface area contributed by atoms with Crippen molar-refractivity contribution < 1.29 is 4.74 Å². The SMILES string of the molecule is Cc1ccnc(-n2c3ccccc3c3ccc(Oc4cccc(-n5nc(C6CC6)c(-c6ccccc6)c5C5CCCCC5)c4)cc32)c1. The van der Waals surface area contributed by atoms with Crippen LogP contribution in [0.5, 0.6) is 11.5 Å². The predicted molar refractivity (Wildman–Crippen MR) is 190 cm³/mol. The van der Waals surface area contributed by atoms with Gasteiger partial charge in [0.1, 0.15) is 17.3 Å². The summed E-state index contributed by atoms with van der Waals surface area (Å²) in [7, 11) is 0. The maximum Gasteiger partial charge on any atom is 0.137 e. The summed E-state index contributed by atoms with van der Waals surface area (Å²) < 4.78 is 11.2. The van der Waals surface area contributed by atoms with Gasteiger partial charge in [0.25, 0.3) is 0 Å². The lowest BCUT2D eigenvalue weighted by Gasteiger charge is -2.24. The van der Waals surface area contributed by atoms with Gasteiger partial charge in [-0.3, -0.25) is 4.57 Å². The molecule has 0 N–H and O–H groups in total. The summed E-state index contributed by atoms with van der Waals surface area (Å²) in [5, 5.41) is 7.79. The van der Waals surface area contributed by atoms with Gasteiger partial charge in [0, 0.05) is 46.5 Å². The van der Waals surface area contributed by atoms with Crippen molar-refractivity contribution in [3.05, 3.63) is 132 Å². The Labute approximate surface area is 275 Å². The molecule has 0 radical (unpaired) electrons. The zero-order chi connectivity index (χ0) is 31.3. The molecular weight excluding hydrogens is 576 g/mol. The van der Waals surface area contributed by atoms with E-state index in [0.717, 1.165) is 34.0 Å². The van der Waals surface area contributed by atoms with E-state index in [-0.39, 0.29) is 0 Å². The van der Waals surface area contributed by atoms with Crippen molar-refractivity contribution >= 4 is 21.8 Å². The van der Waals surface area contributed by atoms with Crippen LogP contribution in [0.1, 0.15) is 73.7 Å². The quantitative estimate of drug-likeness (QED) is 0.179. The Morgan fingerprint density at radius 3 is 2.28 bits per heavy atom. The molecule has 3 heterocycles. The Morgan fingerprint density at radius 1 is 0.660 bits per heavy atom. The fraction of sp³-hybridized carbons (Fsp3) is 0.238. The van der Waals surface area contributed by atoms with E-state index in [9.17, 15) is 0 Å². The number of hydrogen-bond donors (Lipinski definition) is 0. The van der Waals surface area contributed by atoms with Crippen LogP contribution < -0.4 is 4.74 Å². The van der Waals surface area contributed by atoms with Crippen LogP contribution in [0.15, 0.2) is 115 Å². The van der Waals surface area contributed by atoms with E-state index in [1.807, 2.05) is 12.3 Å². The third-order valence-electron chi connectivity index (χ3n) is 10.0. The molecule has 2 saturated carbocycles. The molecule has 0 saturated heterocycles. The van der Waals surface area contributed by atoms with E-state index in [1.54, 1.807) is 0 Å². The lowest BCUT2D eigenvalue weighted by atomic mass is 9.83. The van der Waals surface area contributed by atoms with Gasteiger partial charge in [-0.05, 0) is 86.2 Å². The third-order valence-corrected chi connectivity index (χ3v) is 10.0. The molecule has 2 aliphatic rings. The van der Waals surface area contributed by atoms with Crippen molar-refractivity contribution in [2.24, 2.45) is 0 Å². The highest BCUT2D eigenvalue weighted by molar-refractivity contribution is 6.09.